The normalized spacial score (nSPS) is 14.7. The van der Waals surface area contributed by atoms with Gasteiger partial charge in [-0.15, -0.1) is 0 Å². The predicted molar refractivity (Wildman–Crippen MR) is 194 cm³/mol. The molecule has 9 heteroatoms. The van der Waals surface area contributed by atoms with E-state index in [0.717, 1.165) is 102 Å². The van der Waals surface area contributed by atoms with Gasteiger partial charge in [0.15, 0.2) is 0 Å². The summed E-state index contributed by atoms with van der Waals surface area (Å²) >= 11 is 0. The van der Waals surface area contributed by atoms with Crippen molar-refractivity contribution in [2.75, 3.05) is 33.0 Å². The second kappa shape index (κ2) is 28.8. The van der Waals surface area contributed by atoms with Gasteiger partial charge in [0.25, 0.3) is 0 Å². The molecule has 0 aromatic rings. The number of aliphatic hydroxyl groups is 1. The third-order valence-corrected chi connectivity index (χ3v) is 12.3. The molecule has 0 saturated carbocycles. The minimum Gasteiger partial charge on any atom is -0.466 e. The molecule has 0 aromatic carbocycles. The van der Waals surface area contributed by atoms with E-state index in [1.165, 1.54) is 0 Å². The smallest absolute Gasteiger partial charge is 0.466 e. The van der Waals surface area contributed by atoms with Crippen molar-refractivity contribution in [2.45, 2.75) is 171 Å². The summed E-state index contributed by atoms with van der Waals surface area (Å²) in [5.41, 5.74) is 0. The molecule has 0 aliphatic heterocycles. The molecule has 4 unspecified atom stereocenters. The standard InChI is InChI=1S/C38H76O8Si/c1-10-15-28-43-37(40)34(23-20-24-35(30-31(6)7)38(41)42-11-2)22-19-21-33(32(8)9)26-27-36(39)25-17-16-18-29-47(44-12-3,45-13-4)46-14-5/h31-36,39H,10-30H2,1-9H3. The summed E-state index contributed by atoms with van der Waals surface area (Å²) < 4.78 is 28.9. The van der Waals surface area contributed by atoms with E-state index >= 15 is 0 Å². The fourth-order valence-electron chi connectivity index (χ4n) is 6.47. The van der Waals surface area contributed by atoms with E-state index in [4.69, 9.17) is 22.8 Å². The van der Waals surface area contributed by atoms with Crippen LogP contribution in [0.1, 0.15) is 159 Å². The van der Waals surface area contributed by atoms with Gasteiger partial charge in [-0.1, -0.05) is 73.1 Å². The zero-order chi connectivity index (χ0) is 35.5. The van der Waals surface area contributed by atoms with Gasteiger partial charge in [-0.05, 0) is 103 Å². The van der Waals surface area contributed by atoms with Crippen LogP contribution in [-0.2, 0) is 32.3 Å². The van der Waals surface area contributed by atoms with Gasteiger partial charge in [0.05, 0.1) is 31.2 Å². The molecule has 0 aliphatic carbocycles. The molecule has 0 bridgehead atoms. The van der Waals surface area contributed by atoms with Gasteiger partial charge in [-0.25, -0.2) is 0 Å². The molecule has 0 aromatic heterocycles. The molecule has 4 atom stereocenters. The minimum atomic E-state index is -2.59. The highest BCUT2D eigenvalue weighted by Gasteiger charge is 2.39. The predicted octanol–water partition coefficient (Wildman–Crippen LogP) is 9.53. The minimum absolute atomic E-state index is 0.0878. The van der Waals surface area contributed by atoms with Crippen LogP contribution in [0.4, 0.5) is 0 Å². The molecule has 0 saturated heterocycles. The Kier molecular flexibility index (Phi) is 28.2. The van der Waals surface area contributed by atoms with E-state index in [0.29, 0.717) is 50.8 Å². The Morgan fingerprint density at radius 2 is 1.17 bits per heavy atom. The molecule has 0 spiro atoms. The average molecular weight is 689 g/mol. The van der Waals surface area contributed by atoms with Gasteiger partial charge >= 0.3 is 20.7 Å². The average Bonchev–Trinajstić information content (AvgIpc) is 3.01. The van der Waals surface area contributed by atoms with Crippen molar-refractivity contribution in [1.29, 1.82) is 0 Å². The molecule has 0 heterocycles. The van der Waals surface area contributed by atoms with Gasteiger partial charge in [0, 0.05) is 25.9 Å². The first-order valence-corrected chi connectivity index (χ1v) is 21.3. The zero-order valence-corrected chi connectivity index (χ0v) is 33.1. The Labute approximate surface area is 291 Å². The van der Waals surface area contributed by atoms with Crippen LogP contribution in [0.5, 0.6) is 0 Å². The van der Waals surface area contributed by atoms with E-state index in [9.17, 15) is 14.7 Å². The van der Waals surface area contributed by atoms with E-state index in [1.54, 1.807) is 0 Å². The Morgan fingerprint density at radius 3 is 1.70 bits per heavy atom. The zero-order valence-electron chi connectivity index (χ0n) is 32.1. The number of hydrogen-bond donors (Lipinski definition) is 1. The lowest BCUT2D eigenvalue weighted by Crippen LogP contribution is -2.45. The first-order valence-electron chi connectivity index (χ1n) is 19.4. The van der Waals surface area contributed by atoms with Crippen LogP contribution < -0.4 is 0 Å². The quantitative estimate of drug-likeness (QED) is 0.0424. The Balaban J connectivity index is 4.87. The lowest BCUT2D eigenvalue weighted by Gasteiger charge is -2.28. The second-order valence-corrected chi connectivity index (χ2v) is 16.7. The maximum Gasteiger partial charge on any atom is 0.500 e. The van der Waals surface area contributed by atoms with Crippen molar-refractivity contribution >= 4 is 20.7 Å². The third-order valence-electron chi connectivity index (χ3n) is 9.11. The summed E-state index contributed by atoms with van der Waals surface area (Å²) in [4.78, 5) is 25.6. The summed E-state index contributed by atoms with van der Waals surface area (Å²) in [6.07, 6.45) is 13.1. The van der Waals surface area contributed by atoms with E-state index in [-0.39, 0.29) is 29.9 Å². The number of aliphatic hydroxyl groups excluding tert-OH is 1. The summed E-state index contributed by atoms with van der Waals surface area (Å²) in [6.45, 7) is 21.4. The van der Waals surface area contributed by atoms with Crippen LogP contribution in [0.3, 0.4) is 0 Å². The first kappa shape index (κ1) is 46.0. The lowest BCUT2D eigenvalue weighted by molar-refractivity contribution is -0.149. The summed E-state index contributed by atoms with van der Waals surface area (Å²) in [6, 6.07) is 0.825. The van der Waals surface area contributed by atoms with Gasteiger partial charge < -0.3 is 27.9 Å². The molecule has 0 fully saturated rings. The van der Waals surface area contributed by atoms with Gasteiger partial charge in [-0.3, -0.25) is 9.59 Å². The van der Waals surface area contributed by atoms with Crippen molar-refractivity contribution in [3.05, 3.63) is 0 Å². The van der Waals surface area contributed by atoms with Crippen LogP contribution in [0.2, 0.25) is 6.04 Å². The monoisotopic (exact) mass is 689 g/mol. The summed E-state index contributed by atoms with van der Waals surface area (Å²) in [7, 11) is -2.59. The Morgan fingerprint density at radius 1 is 0.596 bits per heavy atom. The van der Waals surface area contributed by atoms with Crippen molar-refractivity contribution in [1.82, 2.24) is 0 Å². The maximum absolute atomic E-state index is 13.1. The maximum atomic E-state index is 13.1. The van der Waals surface area contributed by atoms with E-state index in [1.807, 2.05) is 27.7 Å². The number of carbonyl (C=O) groups is 2. The van der Waals surface area contributed by atoms with Gasteiger partial charge in [0.1, 0.15) is 0 Å². The SMILES string of the molecule is CCCCOC(=O)C(CCCC(CC(C)C)C(=O)OCC)CCCC(CCC(O)CCCCC[Si](OCC)(OCC)OCC)C(C)C. The first-order chi connectivity index (χ1) is 22.5. The molecule has 47 heavy (non-hydrogen) atoms. The van der Waals surface area contributed by atoms with Crippen molar-refractivity contribution < 1.29 is 37.4 Å². The summed E-state index contributed by atoms with van der Waals surface area (Å²) in [5.74, 6) is 0.998. The molecule has 8 nitrogen and oxygen atoms in total. The van der Waals surface area contributed by atoms with Gasteiger partial charge in [-0.2, -0.15) is 0 Å². The second-order valence-electron chi connectivity index (χ2n) is 14.0. The number of ether oxygens (including phenoxy) is 2. The molecule has 0 aliphatic rings. The number of carbonyl (C=O) groups excluding carboxylic acids is 2. The number of rotatable bonds is 32. The molecule has 280 valence electrons. The molecule has 0 radical (unpaired) electrons. The molecular weight excluding hydrogens is 612 g/mol. The molecular formula is C38H76O8Si. The van der Waals surface area contributed by atoms with Crippen LogP contribution in [0.15, 0.2) is 0 Å². The number of unbranched alkanes of at least 4 members (excludes halogenated alkanes) is 3. The summed E-state index contributed by atoms with van der Waals surface area (Å²) in [5, 5.41) is 10.8. The van der Waals surface area contributed by atoms with Gasteiger partial charge in [0.2, 0.25) is 0 Å². The molecule has 0 rings (SSSR count). The van der Waals surface area contributed by atoms with E-state index in [2.05, 4.69) is 34.6 Å². The fraction of sp³-hybridized carbons (Fsp3) is 0.947. The van der Waals surface area contributed by atoms with Crippen LogP contribution >= 0.6 is 0 Å². The third kappa shape index (κ3) is 22.4. The number of esters is 2. The van der Waals surface area contributed by atoms with Crippen molar-refractivity contribution in [3.63, 3.8) is 0 Å². The topological polar surface area (TPSA) is 101 Å². The van der Waals surface area contributed by atoms with Crippen LogP contribution in [-0.4, -0.2) is 65.0 Å². The van der Waals surface area contributed by atoms with E-state index < -0.39 is 8.80 Å². The fourth-order valence-corrected chi connectivity index (χ4v) is 9.16. The molecule has 1 N–H and O–H groups in total. The number of hydrogen-bond acceptors (Lipinski definition) is 8. The molecule has 0 amide bonds. The highest BCUT2D eigenvalue weighted by molar-refractivity contribution is 6.60. The largest absolute Gasteiger partial charge is 0.500 e. The highest BCUT2D eigenvalue weighted by Crippen LogP contribution is 2.29. The van der Waals surface area contributed by atoms with Crippen molar-refractivity contribution in [3.8, 4) is 0 Å². The van der Waals surface area contributed by atoms with Crippen LogP contribution in [0.25, 0.3) is 0 Å². The Hall–Kier alpha value is -1.00. The highest BCUT2D eigenvalue weighted by atomic mass is 28.4. The van der Waals surface area contributed by atoms with Crippen molar-refractivity contribution in [2.24, 2.45) is 29.6 Å². The van der Waals surface area contributed by atoms with Crippen LogP contribution in [0, 0.1) is 29.6 Å². The lowest BCUT2D eigenvalue weighted by atomic mass is 9.83. The Bertz CT molecular complexity index is 745.